The fourth-order valence-corrected chi connectivity index (χ4v) is 3.04. The van der Waals surface area contributed by atoms with E-state index in [1.54, 1.807) is 13.2 Å². The Labute approximate surface area is 128 Å². The second-order valence-electron chi connectivity index (χ2n) is 5.79. The van der Waals surface area contributed by atoms with Gasteiger partial charge < -0.3 is 25.3 Å². The average Bonchev–Trinajstić information content (AvgIpc) is 3.09. The molecule has 0 bridgehead atoms. The Morgan fingerprint density at radius 3 is 2.91 bits per heavy atom. The van der Waals surface area contributed by atoms with Crippen LogP contribution in [0.4, 0.5) is 0 Å². The van der Waals surface area contributed by atoms with Crippen molar-refractivity contribution in [1.29, 1.82) is 0 Å². The van der Waals surface area contributed by atoms with Crippen molar-refractivity contribution in [2.45, 2.75) is 25.0 Å². The Balaban J connectivity index is 1.72. The van der Waals surface area contributed by atoms with Crippen LogP contribution in [0.5, 0.6) is 5.75 Å². The molecule has 3 unspecified atom stereocenters. The molecule has 1 aliphatic rings. The number of aromatic amines is 1. The van der Waals surface area contributed by atoms with E-state index in [4.69, 9.17) is 9.84 Å². The molecule has 118 valence electrons. The van der Waals surface area contributed by atoms with Gasteiger partial charge in [-0.15, -0.1) is 0 Å². The molecule has 0 saturated heterocycles. The van der Waals surface area contributed by atoms with Gasteiger partial charge in [-0.1, -0.05) is 0 Å². The molecule has 1 saturated carbocycles. The van der Waals surface area contributed by atoms with Gasteiger partial charge in [0.1, 0.15) is 11.4 Å². The van der Waals surface area contributed by atoms with E-state index in [9.17, 15) is 9.90 Å². The van der Waals surface area contributed by atoms with Crippen molar-refractivity contribution in [3.8, 4) is 5.75 Å². The van der Waals surface area contributed by atoms with E-state index >= 15 is 0 Å². The quantitative estimate of drug-likeness (QED) is 0.679. The van der Waals surface area contributed by atoms with Crippen LogP contribution in [0, 0.1) is 5.92 Å². The minimum absolute atomic E-state index is 0.0558. The molecule has 1 heterocycles. The minimum atomic E-state index is -0.553. The number of aliphatic hydroxyl groups is 2. The lowest BCUT2D eigenvalue weighted by molar-refractivity contribution is 0.0902. The highest BCUT2D eigenvalue weighted by Gasteiger charge is 2.33. The van der Waals surface area contributed by atoms with Gasteiger partial charge in [0.15, 0.2) is 0 Å². The molecule has 22 heavy (non-hydrogen) atoms. The number of ether oxygens (including phenoxy) is 1. The van der Waals surface area contributed by atoms with E-state index in [2.05, 4.69) is 10.3 Å². The van der Waals surface area contributed by atoms with Crippen LogP contribution >= 0.6 is 0 Å². The topological polar surface area (TPSA) is 94.6 Å². The Morgan fingerprint density at radius 2 is 2.23 bits per heavy atom. The number of hydrogen-bond acceptors (Lipinski definition) is 4. The van der Waals surface area contributed by atoms with Crippen LogP contribution in [0.15, 0.2) is 24.3 Å². The van der Waals surface area contributed by atoms with E-state index in [-0.39, 0.29) is 24.5 Å². The number of rotatable bonds is 4. The van der Waals surface area contributed by atoms with Crippen LogP contribution in [-0.4, -0.2) is 47.0 Å². The molecule has 1 aromatic heterocycles. The largest absolute Gasteiger partial charge is 0.497 e. The molecule has 0 radical (unpaired) electrons. The Hall–Kier alpha value is -2.05. The van der Waals surface area contributed by atoms with Crippen LogP contribution in [0.25, 0.3) is 10.9 Å². The molecule has 1 aromatic carbocycles. The van der Waals surface area contributed by atoms with Gasteiger partial charge >= 0.3 is 0 Å². The zero-order chi connectivity index (χ0) is 15.7. The van der Waals surface area contributed by atoms with Crippen LogP contribution in [-0.2, 0) is 0 Å². The number of carbonyl (C=O) groups is 1. The van der Waals surface area contributed by atoms with E-state index in [1.165, 1.54) is 0 Å². The Bertz CT molecular complexity index is 682. The monoisotopic (exact) mass is 304 g/mol. The first kappa shape index (κ1) is 14.9. The maximum Gasteiger partial charge on any atom is 0.267 e. The molecule has 0 spiro atoms. The zero-order valence-electron chi connectivity index (χ0n) is 12.4. The van der Waals surface area contributed by atoms with Gasteiger partial charge in [-0.2, -0.15) is 0 Å². The first-order valence-corrected chi connectivity index (χ1v) is 7.37. The maximum absolute atomic E-state index is 12.3. The fourth-order valence-electron chi connectivity index (χ4n) is 3.04. The summed E-state index contributed by atoms with van der Waals surface area (Å²) in [6, 6.07) is 7.26. The molecular weight excluding hydrogens is 284 g/mol. The summed E-state index contributed by atoms with van der Waals surface area (Å²) in [7, 11) is 1.60. The molecule has 3 atom stereocenters. The lowest BCUT2D eigenvalue weighted by Crippen LogP contribution is -2.33. The van der Waals surface area contributed by atoms with Crippen molar-refractivity contribution < 1.29 is 19.7 Å². The molecule has 1 aliphatic carbocycles. The van der Waals surface area contributed by atoms with Crippen molar-refractivity contribution in [2.24, 2.45) is 5.92 Å². The highest BCUT2D eigenvalue weighted by Crippen LogP contribution is 2.26. The first-order valence-electron chi connectivity index (χ1n) is 7.37. The molecule has 4 N–H and O–H groups in total. The van der Waals surface area contributed by atoms with E-state index in [0.717, 1.165) is 16.7 Å². The van der Waals surface area contributed by atoms with Crippen molar-refractivity contribution in [2.75, 3.05) is 13.7 Å². The van der Waals surface area contributed by atoms with Crippen LogP contribution < -0.4 is 10.1 Å². The third-order valence-electron chi connectivity index (χ3n) is 4.30. The number of aromatic nitrogens is 1. The predicted octanol–water partition coefficient (Wildman–Crippen LogP) is 1.04. The minimum Gasteiger partial charge on any atom is -0.497 e. The molecular formula is C16H20N2O4. The van der Waals surface area contributed by atoms with E-state index in [0.29, 0.717) is 18.5 Å². The molecule has 0 aliphatic heterocycles. The number of H-pyrrole nitrogens is 1. The highest BCUT2D eigenvalue weighted by atomic mass is 16.5. The predicted molar refractivity (Wildman–Crippen MR) is 81.9 cm³/mol. The summed E-state index contributed by atoms with van der Waals surface area (Å²) in [5.74, 6) is 0.370. The van der Waals surface area contributed by atoms with Crippen molar-refractivity contribution in [3.05, 3.63) is 30.0 Å². The number of hydrogen-bond donors (Lipinski definition) is 4. The standard InChI is InChI=1S/C16H20N2O4/c1-22-12-3-2-9-5-14(18-13(9)7-12)16(21)17-11-4-10(8-19)15(20)6-11/h2-3,5,7,10-11,15,18-20H,4,6,8H2,1H3,(H,17,21). The van der Waals surface area contributed by atoms with Gasteiger partial charge in [-0.3, -0.25) is 4.79 Å². The molecule has 2 aromatic rings. The zero-order valence-corrected chi connectivity index (χ0v) is 12.4. The number of benzene rings is 1. The third kappa shape index (κ3) is 2.80. The van der Waals surface area contributed by atoms with Gasteiger partial charge in [0, 0.05) is 35.5 Å². The molecule has 1 fully saturated rings. The lowest BCUT2D eigenvalue weighted by Gasteiger charge is -2.11. The number of nitrogens with one attached hydrogen (secondary N) is 2. The summed E-state index contributed by atoms with van der Waals surface area (Å²) in [5, 5.41) is 22.8. The smallest absolute Gasteiger partial charge is 0.267 e. The summed E-state index contributed by atoms with van der Waals surface area (Å²) < 4.78 is 5.16. The van der Waals surface area contributed by atoms with E-state index < -0.39 is 6.10 Å². The van der Waals surface area contributed by atoms with Gasteiger partial charge in [-0.05, 0) is 31.0 Å². The number of carbonyl (C=O) groups excluding carboxylic acids is 1. The summed E-state index contributed by atoms with van der Waals surface area (Å²) in [5.41, 5.74) is 1.31. The fraction of sp³-hybridized carbons (Fsp3) is 0.438. The number of methoxy groups -OCH3 is 1. The Kier molecular flexibility index (Phi) is 4.04. The van der Waals surface area contributed by atoms with Gasteiger partial charge in [0.2, 0.25) is 0 Å². The van der Waals surface area contributed by atoms with Crippen LogP contribution in [0.1, 0.15) is 23.3 Å². The number of fused-ring (bicyclic) bond motifs is 1. The second-order valence-corrected chi connectivity index (χ2v) is 5.79. The summed E-state index contributed by atoms with van der Waals surface area (Å²) in [4.78, 5) is 15.4. The van der Waals surface area contributed by atoms with Gasteiger partial charge in [0.05, 0.1) is 13.2 Å². The third-order valence-corrected chi connectivity index (χ3v) is 4.30. The van der Waals surface area contributed by atoms with Crippen molar-refractivity contribution in [3.63, 3.8) is 0 Å². The SMILES string of the molecule is COc1ccc2cc(C(=O)NC3CC(O)C(CO)C3)[nH]c2c1. The molecule has 3 rings (SSSR count). The summed E-state index contributed by atoms with van der Waals surface area (Å²) in [6.45, 7) is -0.0558. The highest BCUT2D eigenvalue weighted by molar-refractivity contribution is 5.98. The molecule has 6 nitrogen and oxygen atoms in total. The Morgan fingerprint density at radius 1 is 1.41 bits per heavy atom. The van der Waals surface area contributed by atoms with Crippen molar-refractivity contribution in [1.82, 2.24) is 10.3 Å². The molecule has 6 heteroatoms. The normalized spacial score (nSPS) is 24.6. The lowest BCUT2D eigenvalue weighted by atomic mass is 10.1. The van der Waals surface area contributed by atoms with Gasteiger partial charge in [0.25, 0.3) is 5.91 Å². The average molecular weight is 304 g/mol. The number of aliphatic hydroxyl groups excluding tert-OH is 2. The first-order chi connectivity index (χ1) is 10.6. The summed E-state index contributed by atoms with van der Waals surface area (Å²) in [6.07, 6.45) is 0.518. The second kappa shape index (κ2) is 5.98. The van der Waals surface area contributed by atoms with Crippen LogP contribution in [0.2, 0.25) is 0 Å². The summed E-state index contributed by atoms with van der Waals surface area (Å²) >= 11 is 0. The van der Waals surface area contributed by atoms with Crippen LogP contribution in [0.3, 0.4) is 0 Å². The van der Waals surface area contributed by atoms with E-state index in [1.807, 2.05) is 18.2 Å². The van der Waals surface area contributed by atoms with Crippen molar-refractivity contribution >= 4 is 16.8 Å². The maximum atomic E-state index is 12.3. The molecule has 1 amide bonds. The number of amides is 1. The van der Waals surface area contributed by atoms with Gasteiger partial charge in [-0.25, -0.2) is 0 Å².